The Morgan fingerprint density at radius 1 is 1.22 bits per heavy atom. The molecule has 0 aliphatic rings. The summed E-state index contributed by atoms with van der Waals surface area (Å²) in [4.78, 5) is 27.7. The SMILES string of the molecule is CCn1c(=S)[nH]c2cc(C(=O)NCCCOc3ccccc3)ccc2c1=O. The lowest BCUT2D eigenvalue weighted by atomic mass is 10.1. The number of para-hydroxylation sites is 1. The van der Waals surface area contributed by atoms with E-state index in [1.165, 1.54) is 4.57 Å². The maximum atomic E-state index is 12.4. The van der Waals surface area contributed by atoms with Crippen molar-refractivity contribution in [1.29, 1.82) is 0 Å². The molecule has 1 heterocycles. The highest BCUT2D eigenvalue weighted by Crippen LogP contribution is 2.11. The number of ether oxygens (including phenoxy) is 1. The molecule has 0 spiro atoms. The monoisotopic (exact) mass is 383 g/mol. The number of H-pyrrole nitrogens is 1. The molecular weight excluding hydrogens is 362 g/mol. The number of fused-ring (bicyclic) bond motifs is 1. The highest BCUT2D eigenvalue weighted by atomic mass is 32.1. The number of carbonyl (C=O) groups is 1. The fourth-order valence-electron chi connectivity index (χ4n) is 2.77. The van der Waals surface area contributed by atoms with Crippen LogP contribution in [0.4, 0.5) is 0 Å². The maximum Gasteiger partial charge on any atom is 0.262 e. The van der Waals surface area contributed by atoms with Gasteiger partial charge in [0.25, 0.3) is 11.5 Å². The molecular formula is C20H21N3O3S. The van der Waals surface area contributed by atoms with Crippen molar-refractivity contribution in [3.63, 3.8) is 0 Å². The topological polar surface area (TPSA) is 76.1 Å². The Morgan fingerprint density at radius 3 is 2.74 bits per heavy atom. The van der Waals surface area contributed by atoms with Gasteiger partial charge in [-0.1, -0.05) is 18.2 Å². The summed E-state index contributed by atoms with van der Waals surface area (Å²) in [5.74, 6) is 0.613. The van der Waals surface area contributed by atoms with Crippen LogP contribution in [0.15, 0.2) is 53.3 Å². The average Bonchev–Trinajstić information content (AvgIpc) is 2.68. The van der Waals surface area contributed by atoms with E-state index in [-0.39, 0.29) is 11.5 Å². The molecule has 0 bridgehead atoms. The first-order valence-electron chi connectivity index (χ1n) is 8.83. The summed E-state index contributed by atoms with van der Waals surface area (Å²) in [6.45, 7) is 3.38. The van der Waals surface area contributed by atoms with Crippen LogP contribution in [0.3, 0.4) is 0 Å². The Balaban J connectivity index is 1.60. The number of hydrogen-bond donors (Lipinski definition) is 2. The lowest BCUT2D eigenvalue weighted by Crippen LogP contribution is -2.26. The molecule has 1 amide bonds. The summed E-state index contributed by atoms with van der Waals surface area (Å²) >= 11 is 5.21. The molecule has 3 rings (SSSR count). The molecule has 0 atom stereocenters. The summed E-state index contributed by atoms with van der Waals surface area (Å²) in [6.07, 6.45) is 0.692. The minimum absolute atomic E-state index is 0.152. The third-order valence-electron chi connectivity index (χ3n) is 4.18. The predicted octanol–water partition coefficient (Wildman–Crippen LogP) is 3.28. The van der Waals surface area contributed by atoms with Crippen LogP contribution in [-0.4, -0.2) is 28.6 Å². The summed E-state index contributed by atoms with van der Waals surface area (Å²) in [5, 5.41) is 3.37. The highest BCUT2D eigenvalue weighted by molar-refractivity contribution is 7.71. The highest BCUT2D eigenvalue weighted by Gasteiger charge is 2.09. The van der Waals surface area contributed by atoms with E-state index < -0.39 is 0 Å². The molecule has 140 valence electrons. The Hall–Kier alpha value is -2.93. The van der Waals surface area contributed by atoms with Crippen molar-refractivity contribution < 1.29 is 9.53 Å². The molecule has 0 radical (unpaired) electrons. The Morgan fingerprint density at radius 2 is 2.00 bits per heavy atom. The maximum absolute atomic E-state index is 12.4. The number of amides is 1. The molecule has 0 saturated heterocycles. The van der Waals surface area contributed by atoms with E-state index in [9.17, 15) is 9.59 Å². The Labute approximate surface area is 161 Å². The lowest BCUT2D eigenvalue weighted by Gasteiger charge is -2.09. The number of aromatic nitrogens is 2. The number of nitrogens with one attached hydrogen (secondary N) is 2. The van der Waals surface area contributed by atoms with Crippen molar-refractivity contribution in [1.82, 2.24) is 14.9 Å². The summed E-state index contributed by atoms with van der Waals surface area (Å²) in [6, 6.07) is 14.5. The molecule has 2 N–H and O–H groups in total. The van der Waals surface area contributed by atoms with Gasteiger partial charge in [0.15, 0.2) is 4.77 Å². The van der Waals surface area contributed by atoms with Crippen LogP contribution >= 0.6 is 12.2 Å². The van der Waals surface area contributed by atoms with Crippen LogP contribution < -0.4 is 15.6 Å². The molecule has 7 heteroatoms. The number of benzene rings is 2. The van der Waals surface area contributed by atoms with Gasteiger partial charge in [0.05, 0.1) is 17.5 Å². The van der Waals surface area contributed by atoms with Crippen molar-refractivity contribution in [2.24, 2.45) is 0 Å². The van der Waals surface area contributed by atoms with E-state index in [0.29, 0.717) is 47.4 Å². The number of carbonyl (C=O) groups excluding carboxylic acids is 1. The standard InChI is InChI=1S/C20H21N3O3S/c1-2-23-19(25)16-10-9-14(13-17(16)22-20(23)27)18(24)21-11-6-12-26-15-7-4-3-5-8-15/h3-5,7-10,13H,2,6,11-12H2,1H3,(H,21,24)(H,22,27). The molecule has 0 saturated carbocycles. The van der Waals surface area contributed by atoms with Crippen LogP contribution in [0, 0.1) is 4.77 Å². The van der Waals surface area contributed by atoms with Crippen molar-refractivity contribution in [2.75, 3.05) is 13.2 Å². The van der Waals surface area contributed by atoms with Gasteiger partial charge in [-0.2, -0.15) is 0 Å². The second-order valence-electron chi connectivity index (χ2n) is 6.01. The van der Waals surface area contributed by atoms with Crippen LogP contribution in [-0.2, 0) is 6.54 Å². The predicted molar refractivity (Wildman–Crippen MR) is 108 cm³/mol. The van der Waals surface area contributed by atoms with Crippen LogP contribution in [0.25, 0.3) is 10.9 Å². The minimum Gasteiger partial charge on any atom is -0.494 e. The van der Waals surface area contributed by atoms with E-state index in [4.69, 9.17) is 17.0 Å². The second kappa shape index (κ2) is 8.64. The fourth-order valence-corrected chi connectivity index (χ4v) is 3.09. The van der Waals surface area contributed by atoms with Gasteiger partial charge in [0.1, 0.15) is 5.75 Å². The van der Waals surface area contributed by atoms with Gasteiger partial charge in [-0.25, -0.2) is 0 Å². The number of nitrogens with zero attached hydrogens (tertiary/aromatic N) is 1. The van der Waals surface area contributed by atoms with Gasteiger partial charge < -0.3 is 15.0 Å². The second-order valence-corrected chi connectivity index (χ2v) is 6.40. The molecule has 3 aromatic rings. The molecule has 27 heavy (non-hydrogen) atoms. The van der Waals surface area contributed by atoms with Gasteiger partial charge in [0.2, 0.25) is 0 Å². The Bertz CT molecular complexity index is 1060. The molecule has 0 fully saturated rings. The van der Waals surface area contributed by atoms with Crippen molar-refractivity contribution in [3.05, 3.63) is 69.2 Å². The van der Waals surface area contributed by atoms with Crippen molar-refractivity contribution in [3.8, 4) is 5.75 Å². The van der Waals surface area contributed by atoms with Gasteiger partial charge >= 0.3 is 0 Å². The van der Waals surface area contributed by atoms with E-state index in [0.717, 1.165) is 5.75 Å². The van der Waals surface area contributed by atoms with Gasteiger partial charge in [0, 0.05) is 18.7 Å². The third kappa shape index (κ3) is 4.43. The first kappa shape index (κ1) is 18.8. The average molecular weight is 383 g/mol. The van der Waals surface area contributed by atoms with Crippen LogP contribution in [0.5, 0.6) is 5.75 Å². The first-order valence-corrected chi connectivity index (χ1v) is 9.24. The van der Waals surface area contributed by atoms with Crippen LogP contribution in [0.2, 0.25) is 0 Å². The van der Waals surface area contributed by atoms with E-state index in [1.54, 1.807) is 18.2 Å². The first-order chi connectivity index (χ1) is 13.1. The van der Waals surface area contributed by atoms with Crippen LogP contribution in [0.1, 0.15) is 23.7 Å². The zero-order valence-electron chi connectivity index (χ0n) is 15.0. The molecule has 0 unspecified atom stereocenters. The third-order valence-corrected chi connectivity index (χ3v) is 4.50. The van der Waals surface area contributed by atoms with Crippen molar-refractivity contribution >= 4 is 29.0 Å². The molecule has 0 aliphatic carbocycles. The van der Waals surface area contributed by atoms with E-state index in [1.807, 2.05) is 37.3 Å². The van der Waals surface area contributed by atoms with Gasteiger partial charge in [-0.05, 0) is 55.9 Å². The largest absolute Gasteiger partial charge is 0.494 e. The smallest absolute Gasteiger partial charge is 0.262 e. The zero-order chi connectivity index (χ0) is 19.2. The summed E-state index contributed by atoms with van der Waals surface area (Å²) in [5.41, 5.74) is 0.891. The fraction of sp³-hybridized carbons (Fsp3) is 0.250. The van der Waals surface area contributed by atoms with Crippen molar-refractivity contribution in [2.45, 2.75) is 19.9 Å². The molecule has 2 aromatic carbocycles. The minimum atomic E-state index is -0.199. The zero-order valence-corrected chi connectivity index (χ0v) is 15.8. The lowest BCUT2D eigenvalue weighted by molar-refractivity contribution is 0.0951. The molecule has 1 aromatic heterocycles. The normalized spacial score (nSPS) is 10.7. The van der Waals surface area contributed by atoms with E-state index in [2.05, 4.69) is 10.3 Å². The Kier molecular flexibility index (Phi) is 6.03. The molecule has 6 nitrogen and oxygen atoms in total. The summed E-state index contributed by atoms with van der Waals surface area (Å²) < 4.78 is 7.44. The number of hydrogen-bond acceptors (Lipinski definition) is 4. The number of aromatic amines is 1. The van der Waals surface area contributed by atoms with E-state index >= 15 is 0 Å². The number of rotatable bonds is 7. The quantitative estimate of drug-likeness (QED) is 0.485. The summed E-state index contributed by atoms with van der Waals surface area (Å²) in [7, 11) is 0. The van der Waals surface area contributed by atoms with Gasteiger partial charge in [-0.15, -0.1) is 0 Å². The molecule has 0 aliphatic heterocycles. The van der Waals surface area contributed by atoms with Gasteiger partial charge in [-0.3, -0.25) is 14.2 Å².